The van der Waals surface area contributed by atoms with Crippen LogP contribution in [0.4, 0.5) is 0 Å². The highest BCUT2D eigenvalue weighted by Gasteiger charge is 2.06. The first-order valence-electron chi connectivity index (χ1n) is 4.28. The van der Waals surface area contributed by atoms with E-state index in [-0.39, 0.29) is 0 Å². The molecule has 0 fully saturated rings. The molecule has 0 radical (unpaired) electrons. The summed E-state index contributed by atoms with van der Waals surface area (Å²) >= 11 is 4.44. The van der Waals surface area contributed by atoms with Crippen molar-refractivity contribution in [3.8, 4) is 0 Å². The van der Waals surface area contributed by atoms with Crippen molar-refractivity contribution in [2.24, 2.45) is 0 Å². The molecule has 0 saturated carbocycles. The lowest BCUT2D eigenvalue weighted by Gasteiger charge is -2.13. The average Bonchev–Trinajstić information content (AvgIpc) is 2.00. The van der Waals surface area contributed by atoms with Crippen LogP contribution in [0, 0.1) is 20.8 Å². The van der Waals surface area contributed by atoms with Crippen LogP contribution in [0.2, 0.25) is 0 Å². The largest absolute Gasteiger partial charge is 0.171 e. The van der Waals surface area contributed by atoms with Crippen LogP contribution in [0.15, 0.2) is 12.1 Å². The maximum atomic E-state index is 4.44. The van der Waals surface area contributed by atoms with E-state index in [4.69, 9.17) is 0 Å². The molecule has 0 aromatic heterocycles. The van der Waals surface area contributed by atoms with Gasteiger partial charge < -0.3 is 0 Å². The Morgan fingerprint density at radius 2 is 1.67 bits per heavy atom. The minimum absolute atomic E-state index is 0.337. The third-order valence-electron chi connectivity index (χ3n) is 2.55. The summed E-state index contributed by atoms with van der Waals surface area (Å²) in [5.41, 5.74) is 5.50. The first kappa shape index (κ1) is 9.66. The molecule has 0 heterocycles. The first-order chi connectivity index (χ1) is 5.54. The summed E-state index contributed by atoms with van der Waals surface area (Å²) in [5.74, 6) is 0. The van der Waals surface area contributed by atoms with E-state index in [2.05, 4.69) is 52.5 Å². The summed E-state index contributed by atoms with van der Waals surface area (Å²) in [6.45, 7) is 8.60. The van der Waals surface area contributed by atoms with Gasteiger partial charge in [0.15, 0.2) is 0 Å². The maximum absolute atomic E-state index is 4.44. The van der Waals surface area contributed by atoms with Crippen LogP contribution in [0.3, 0.4) is 0 Å². The fourth-order valence-electron chi connectivity index (χ4n) is 1.43. The molecule has 0 aliphatic heterocycles. The summed E-state index contributed by atoms with van der Waals surface area (Å²) in [7, 11) is 0. The lowest BCUT2D eigenvalue weighted by Crippen LogP contribution is -1.94. The van der Waals surface area contributed by atoms with Crippen molar-refractivity contribution in [3.05, 3.63) is 34.4 Å². The number of benzene rings is 1. The molecule has 0 bridgehead atoms. The number of rotatable bonds is 1. The van der Waals surface area contributed by atoms with E-state index in [9.17, 15) is 0 Å². The fourth-order valence-corrected chi connectivity index (χ4v) is 1.71. The molecule has 0 aliphatic rings. The van der Waals surface area contributed by atoms with Crippen molar-refractivity contribution in [3.63, 3.8) is 0 Å². The number of hydrogen-bond acceptors (Lipinski definition) is 1. The third-order valence-corrected chi connectivity index (χ3v) is 2.83. The van der Waals surface area contributed by atoms with E-state index in [0.29, 0.717) is 5.25 Å². The van der Waals surface area contributed by atoms with Gasteiger partial charge in [0.25, 0.3) is 0 Å². The molecule has 0 aliphatic carbocycles. The quantitative estimate of drug-likeness (QED) is 0.627. The van der Waals surface area contributed by atoms with Gasteiger partial charge in [-0.1, -0.05) is 12.1 Å². The van der Waals surface area contributed by atoms with Crippen molar-refractivity contribution in [1.29, 1.82) is 0 Å². The number of thiol groups is 1. The van der Waals surface area contributed by atoms with Crippen molar-refractivity contribution >= 4 is 12.6 Å². The summed E-state index contributed by atoms with van der Waals surface area (Å²) in [5, 5.41) is 0.337. The molecular formula is C11H16S. The van der Waals surface area contributed by atoms with Gasteiger partial charge in [-0.05, 0) is 49.9 Å². The lowest BCUT2D eigenvalue weighted by molar-refractivity contribution is 1.06. The zero-order valence-corrected chi connectivity index (χ0v) is 9.07. The van der Waals surface area contributed by atoms with E-state index in [1.807, 2.05) is 0 Å². The molecule has 0 saturated heterocycles. The summed E-state index contributed by atoms with van der Waals surface area (Å²) < 4.78 is 0. The highest BCUT2D eigenvalue weighted by molar-refractivity contribution is 7.80. The SMILES string of the molecule is Cc1ccc(C(C)S)c(C)c1C. The van der Waals surface area contributed by atoms with Gasteiger partial charge in [0.2, 0.25) is 0 Å². The Labute approximate surface area is 80.4 Å². The van der Waals surface area contributed by atoms with Gasteiger partial charge >= 0.3 is 0 Å². The molecule has 66 valence electrons. The monoisotopic (exact) mass is 180 g/mol. The second-order valence-corrected chi connectivity index (χ2v) is 4.17. The molecule has 1 unspecified atom stereocenters. The van der Waals surface area contributed by atoms with E-state index in [0.717, 1.165) is 0 Å². The number of aryl methyl sites for hydroxylation is 1. The van der Waals surface area contributed by atoms with Crippen molar-refractivity contribution in [2.75, 3.05) is 0 Å². The Bertz CT molecular complexity index is 287. The van der Waals surface area contributed by atoms with Crippen LogP contribution >= 0.6 is 12.6 Å². The normalized spacial score (nSPS) is 13.1. The highest BCUT2D eigenvalue weighted by atomic mass is 32.1. The van der Waals surface area contributed by atoms with Gasteiger partial charge in [-0.3, -0.25) is 0 Å². The molecule has 1 rings (SSSR count). The molecule has 1 heteroatoms. The van der Waals surface area contributed by atoms with E-state index in [1.165, 1.54) is 22.3 Å². The van der Waals surface area contributed by atoms with Gasteiger partial charge in [0, 0.05) is 5.25 Å². The molecule has 12 heavy (non-hydrogen) atoms. The Morgan fingerprint density at radius 1 is 1.08 bits per heavy atom. The van der Waals surface area contributed by atoms with Crippen LogP contribution < -0.4 is 0 Å². The predicted octanol–water partition coefficient (Wildman–Crippen LogP) is 3.60. The smallest absolute Gasteiger partial charge is 0.0241 e. The van der Waals surface area contributed by atoms with Crippen LogP contribution in [-0.4, -0.2) is 0 Å². The summed E-state index contributed by atoms with van der Waals surface area (Å²) in [4.78, 5) is 0. The van der Waals surface area contributed by atoms with Gasteiger partial charge in [0.05, 0.1) is 0 Å². The molecule has 1 aromatic carbocycles. The van der Waals surface area contributed by atoms with Gasteiger partial charge in [-0.2, -0.15) is 12.6 Å². The van der Waals surface area contributed by atoms with Gasteiger partial charge in [0.1, 0.15) is 0 Å². The maximum Gasteiger partial charge on any atom is 0.0241 e. The second-order valence-electron chi connectivity index (χ2n) is 3.40. The molecule has 1 atom stereocenters. The molecule has 0 spiro atoms. The van der Waals surface area contributed by atoms with Crippen LogP contribution in [0.25, 0.3) is 0 Å². The van der Waals surface area contributed by atoms with Crippen LogP contribution in [0.1, 0.15) is 34.4 Å². The molecular weight excluding hydrogens is 164 g/mol. The summed E-state index contributed by atoms with van der Waals surface area (Å²) in [6.07, 6.45) is 0. The van der Waals surface area contributed by atoms with E-state index < -0.39 is 0 Å². The standard InChI is InChI=1S/C11H16S/c1-7-5-6-11(10(4)12)9(3)8(7)2/h5-6,10,12H,1-4H3. The van der Waals surface area contributed by atoms with Crippen molar-refractivity contribution in [2.45, 2.75) is 32.9 Å². The van der Waals surface area contributed by atoms with Crippen molar-refractivity contribution in [1.82, 2.24) is 0 Å². The van der Waals surface area contributed by atoms with Gasteiger partial charge in [-0.25, -0.2) is 0 Å². The fraction of sp³-hybridized carbons (Fsp3) is 0.455. The molecule has 0 N–H and O–H groups in total. The van der Waals surface area contributed by atoms with E-state index in [1.54, 1.807) is 0 Å². The minimum Gasteiger partial charge on any atom is -0.171 e. The first-order valence-corrected chi connectivity index (χ1v) is 4.80. The Kier molecular flexibility index (Phi) is 2.84. The van der Waals surface area contributed by atoms with Crippen molar-refractivity contribution < 1.29 is 0 Å². The summed E-state index contributed by atoms with van der Waals surface area (Å²) in [6, 6.07) is 4.35. The Hall–Kier alpha value is -0.430. The molecule has 1 aromatic rings. The lowest BCUT2D eigenvalue weighted by atomic mass is 9.97. The number of hydrogen-bond donors (Lipinski definition) is 1. The Morgan fingerprint density at radius 3 is 2.17 bits per heavy atom. The average molecular weight is 180 g/mol. The van der Waals surface area contributed by atoms with E-state index >= 15 is 0 Å². The zero-order chi connectivity index (χ0) is 9.30. The molecule has 0 nitrogen and oxygen atoms in total. The zero-order valence-electron chi connectivity index (χ0n) is 8.18. The van der Waals surface area contributed by atoms with Gasteiger partial charge in [-0.15, -0.1) is 0 Å². The van der Waals surface area contributed by atoms with Crippen LogP contribution in [0.5, 0.6) is 0 Å². The molecule has 0 amide bonds. The highest BCUT2D eigenvalue weighted by Crippen LogP contribution is 2.26. The predicted molar refractivity (Wildman–Crippen MR) is 58.1 cm³/mol. The third kappa shape index (κ3) is 1.66. The second kappa shape index (κ2) is 3.53. The minimum atomic E-state index is 0.337. The van der Waals surface area contributed by atoms with Crippen LogP contribution in [-0.2, 0) is 0 Å². The topological polar surface area (TPSA) is 0 Å². The Balaban J connectivity index is 3.27.